The van der Waals surface area contributed by atoms with Gasteiger partial charge in [0.15, 0.2) is 0 Å². The fourth-order valence-electron chi connectivity index (χ4n) is 1.29. The van der Waals surface area contributed by atoms with Gasteiger partial charge in [0.25, 0.3) is 0 Å². The smallest absolute Gasteiger partial charge is 0.0503 e. The first-order chi connectivity index (χ1) is 4.97. The van der Waals surface area contributed by atoms with E-state index in [1.54, 1.807) is 0 Å². The van der Waals surface area contributed by atoms with E-state index in [-0.39, 0.29) is 0 Å². The fourth-order valence-corrected chi connectivity index (χ4v) is 1.29. The minimum atomic E-state index is 0.481. The Morgan fingerprint density at radius 3 is 2.80 bits per heavy atom. The summed E-state index contributed by atoms with van der Waals surface area (Å²) < 4.78 is 0. The van der Waals surface area contributed by atoms with Crippen LogP contribution in [0, 0.1) is 5.92 Å². The molecule has 1 heterocycles. The molecular weight excluding hydrogens is 124 g/mol. The Morgan fingerprint density at radius 1 is 1.40 bits per heavy atom. The molecule has 1 aliphatic carbocycles. The highest BCUT2D eigenvalue weighted by molar-refractivity contribution is 5.91. The molecule has 0 aromatic carbocycles. The Hall–Kier alpha value is -1.05. The van der Waals surface area contributed by atoms with Crippen LogP contribution in [-0.4, -0.2) is 12.3 Å². The lowest BCUT2D eigenvalue weighted by atomic mass is 10.0. The van der Waals surface area contributed by atoms with Crippen LogP contribution < -0.4 is 5.43 Å². The molecule has 2 aliphatic rings. The second kappa shape index (κ2) is 2.29. The zero-order valence-corrected chi connectivity index (χ0v) is 5.75. The number of nitrogens with zero attached hydrogens (tertiary/aromatic N) is 1. The Balaban J connectivity index is 2.11. The Bertz CT molecular complexity index is 201. The topological polar surface area (TPSA) is 24.4 Å². The standard InChI is InChI=1S/C8H10N2/c1-2-4-7(3-1)8-5-6-9-10-8/h1-4,7,9H,5-6H2. The van der Waals surface area contributed by atoms with Crippen molar-refractivity contribution in [1.82, 2.24) is 5.43 Å². The maximum atomic E-state index is 4.18. The van der Waals surface area contributed by atoms with Crippen LogP contribution in [0.5, 0.6) is 0 Å². The molecule has 0 aromatic rings. The fraction of sp³-hybridized carbons (Fsp3) is 0.375. The second-order valence-corrected chi connectivity index (χ2v) is 2.56. The van der Waals surface area contributed by atoms with Crippen molar-refractivity contribution < 1.29 is 0 Å². The zero-order chi connectivity index (χ0) is 6.81. The van der Waals surface area contributed by atoms with Crippen molar-refractivity contribution in [2.75, 3.05) is 6.54 Å². The number of rotatable bonds is 1. The van der Waals surface area contributed by atoms with Crippen LogP contribution in [0.4, 0.5) is 0 Å². The van der Waals surface area contributed by atoms with Crippen molar-refractivity contribution in [1.29, 1.82) is 0 Å². The summed E-state index contributed by atoms with van der Waals surface area (Å²) in [6.45, 7) is 1.01. The van der Waals surface area contributed by atoms with Gasteiger partial charge >= 0.3 is 0 Å². The van der Waals surface area contributed by atoms with Crippen molar-refractivity contribution in [3.63, 3.8) is 0 Å². The highest BCUT2D eigenvalue weighted by Gasteiger charge is 2.14. The van der Waals surface area contributed by atoms with Gasteiger partial charge in [-0.2, -0.15) is 5.10 Å². The summed E-state index contributed by atoms with van der Waals surface area (Å²) in [5.74, 6) is 0.481. The monoisotopic (exact) mass is 134 g/mol. The van der Waals surface area contributed by atoms with E-state index in [2.05, 4.69) is 34.8 Å². The Morgan fingerprint density at radius 2 is 2.20 bits per heavy atom. The van der Waals surface area contributed by atoms with Gasteiger partial charge in [0.05, 0.1) is 5.71 Å². The SMILES string of the molecule is C1=CC(C2=NNCC2)C=C1. The lowest BCUT2D eigenvalue weighted by molar-refractivity contribution is 0.813. The van der Waals surface area contributed by atoms with Crippen LogP contribution in [0.15, 0.2) is 29.4 Å². The van der Waals surface area contributed by atoms with Gasteiger partial charge in [0, 0.05) is 18.9 Å². The van der Waals surface area contributed by atoms with Crippen LogP contribution >= 0.6 is 0 Å². The first kappa shape index (κ1) is 5.71. The third-order valence-corrected chi connectivity index (χ3v) is 1.85. The van der Waals surface area contributed by atoms with Crippen molar-refractivity contribution in [2.24, 2.45) is 11.0 Å². The average molecular weight is 134 g/mol. The van der Waals surface area contributed by atoms with E-state index >= 15 is 0 Å². The zero-order valence-electron chi connectivity index (χ0n) is 5.75. The Labute approximate surface area is 60.3 Å². The summed E-state index contributed by atoms with van der Waals surface area (Å²) in [5, 5.41) is 4.18. The molecule has 0 amide bonds. The average Bonchev–Trinajstić information content (AvgIpc) is 2.59. The molecular formula is C8H10N2. The molecule has 0 unspecified atom stereocenters. The summed E-state index contributed by atoms with van der Waals surface area (Å²) >= 11 is 0. The third kappa shape index (κ3) is 0.856. The first-order valence-electron chi connectivity index (χ1n) is 3.61. The molecule has 0 aromatic heterocycles. The number of nitrogens with one attached hydrogen (secondary N) is 1. The predicted octanol–water partition coefficient (Wildman–Crippen LogP) is 1.08. The van der Waals surface area contributed by atoms with Crippen molar-refractivity contribution in [2.45, 2.75) is 6.42 Å². The van der Waals surface area contributed by atoms with E-state index < -0.39 is 0 Å². The molecule has 0 saturated carbocycles. The predicted molar refractivity (Wildman–Crippen MR) is 41.8 cm³/mol. The molecule has 0 radical (unpaired) electrons. The Kier molecular flexibility index (Phi) is 1.31. The minimum absolute atomic E-state index is 0.481. The lowest BCUT2D eigenvalue weighted by Gasteiger charge is -2.00. The van der Waals surface area contributed by atoms with E-state index in [1.807, 2.05) is 0 Å². The van der Waals surface area contributed by atoms with Crippen molar-refractivity contribution in [3.8, 4) is 0 Å². The van der Waals surface area contributed by atoms with Gasteiger partial charge in [-0.15, -0.1) is 0 Å². The third-order valence-electron chi connectivity index (χ3n) is 1.85. The van der Waals surface area contributed by atoms with Gasteiger partial charge in [0.1, 0.15) is 0 Å². The van der Waals surface area contributed by atoms with Crippen LogP contribution in [0.2, 0.25) is 0 Å². The van der Waals surface area contributed by atoms with E-state index in [0.717, 1.165) is 13.0 Å². The molecule has 52 valence electrons. The van der Waals surface area contributed by atoms with E-state index in [1.165, 1.54) is 5.71 Å². The maximum absolute atomic E-state index is 4.18. The summed E-state index contributed by atoms with van der Waals surface area (Å²) in [4.78, 5) is 0. The molecule has 2 nitrogen and oxygen atoms in total. The number of allylic oxidation sites excluding steroid dienone is 4. The summed E-state index contributed by atoms with van der Waals surface area (Å²) in [5.41, 5.74) is 4.24. The molecule has 10 heavy (non-hydrogen) atoms. The highest BCUT2D eigenvalue weighted by Crippen LogP contribution is 2.14. The van der Waals surface area contributed by atoms with Crippen LogP contribution in [0.1, 0.15) is 6.42 Å². The molecule has 0 spiro atoms. The van der Waals surface area contributed by atoms with Gasteiger partial charge in [0.2, 0.25) is 0 Å². The molecule has 1 aliphatic heterocycles. The molecule has 0 fully saturated rings. The molecule has 2 rings (SSSR count). The second-order valence-electron chi connectivity index (χ2n) is 2.56. The van der Waals surface area contributed by atoms with Gasteiger partial charge < -0.3 is 5.43 Å². The largest absolute Gasteiger partial charge is 0.310 e. The van der Waals surface area contributed by atoms with Gasteiger partial charge in [-0.3, -0.25) is 0 Å². The number of hydrazone groups is 1. The van der Waals surface area contributed by atoms with Crippen LogP contribution in [0.25, 0.3) is 0 Å². The maximum Gasteiger partial charge on any atom is 0.0503 e. The van der Waals surface area contributed by atoms with E-state index in [9.17, 15) is 0 Å². The van der Waals surface area contributed by atoms with Gasteiger partial charge in [-0.25, -0.2) is 0 Å². The number of hydrogen-bond donors (Lipinski definition) is 1. The molecule has 0 saturated heterocycles. The van der Waals surface area contributed by atoms with E-state index in [4.69, 9.17) is 0 Å². The van der Waals surface area contributed by atoms with Crippen LogP contribution in [-0.2, 0) is 0 Å². The quantitative estimate of drug-likeness (QED) is 0.570. The van der Waals surface area contributed by atoms with Crippen LogP contribution in [0.3, 0.4) is 0 Å². The normalized spacial score (nSPS) is 23.4. The molecule has 0 atom stereocenters. The van der Waals surface area contributed by atoms with Gasteiger partial charge in [-0.1, -0.05) is 24.3 Å². The first-order valence-corrected chi connectivity index (χ1v) is 3.61. The van der Waals surface area contributed by atoms with Gasteiger partial charge in [-0.05, 0) is 0 Å². The summed E-state index contributed by atoms with van der Waals surface area (Å²) in [7, 11) is 0. The molecule has 0 bridgehead atoms. The lowest BCUT2D eigenvalue weighted by Crippen LogP contribution is -2.05. The van der Waals surface area contributed by atoms with Crippen molar-refractivity contribution >= 4 is 5.71 Å². The minimum Gasteiger partial charge on any atom is -0.310 e. The highest BCUT2D eigenvalue weighted by atomic mass is 15.3. The summed E-state index contributed by atoms with van der Waals surface area (Å²) in [6.07, 6.45) is 9.59. The molecule has 2 heteroatoms. The van der Waals surface area contributed by atoms with E-state index in [0.29, 0.717) is 5.92 Å². The number of hydrogen-bond acceptors (Lipinski definition) is 2. The van der Waals surface area contributed by atoms with Crippen molar-refractivity contribution in [3.05, 3.63) is 24.3 Å². The summed E-state index contributed by atoms with van der Waals surface area (Å²) in [6, 6.07) is 0. The molecule has 1 N–H and O–H groups in total.